The average molecular weight is 506 g/mol. The van der Waals surface area contributed by atoms with E-state index in [1.807, 2.05) is 25.1 Å². The molecule has 1 unspecified atom stereocenters. The Balaban J connectivity index is 1.58. The summed E-state index contributed by atoms with van der Waals surface area (Å²) in [5.41, 5.74) is 1.32. The molecule has 37 heavy (non-hydrogen) atoms. The zero-order valence-electron chi connectivity index (χ0n) is 20.9. The van der Waals surface area contributed by atoms with Crippen LogP contribution in [0, 0.1) is 12.7 Å². The number of amides is 3. The lowest BCUT2D eigenvalue weighted by molar-refractivity contribution is 0.0505. The van der Waals surface area contributed by atoms with Crippen LogP contribution in [-0.4, -0.2) is 70.0 Å². The summed E-state index contributed by atoms with van der Waals surface area (Å²) in [6, 6.07) is 14.0. The molecule has 0 spiro atoms. The molecule has 0 saturated carbocycles. The van der Waals surface area contributed by atoms with E-state index in [1.54, 1.807) is 41.8 Å². The van der Waals surface area contributed by atoms with Crippen molar-refractivity contribution in [3.63, 3.8) is 0 Å². The summed E-state index contributed by atoms with van der Waals surface area (Å²) in [6.07, 6.45) is 0. The Kier molecular flexibility index (Phi) is 7.76. The number of halogens is 1. The molecule has 1 N–H and O–H groups in total. The fraction of sp³-hybridized carbons (Fsp3) is 0.296. The first kappa shape index (κ1) is 25.7. The molecule has 4 rings (SSSR count). The number of nitrogens with zero attached hydrogens (tertiary/aromatic N) is 4. The lowest BCUT2D eigenvalue weighted by Crippen LogP contribution is -2.56. The van der Waals surface area contributed by atoms with E-state index in [0.717, 1.165) is 0 Å². The minimum Gasteiger partial charge on any atom is -0.462 e. The standard InChI is InChI=1S/C27H28FN5O4/c1-4-37-26(35)22-23(19-9-6-5-7-10-19)29-18(3)30-24(22)25(34)32-13-14-33(17(2)16-32)27(36)31-21-12-8-11-20(28)15-21/h5-12,15,17H,4,13-14,16H2,1-3H3,(H,31,36). The van der Waals surface area contributed by atoms with Crippen LogP contribution in [0.4, 0.5) is 14.9 Å². The minimum atomic E-state index is -0.675. The Morgan fingerprint density at radius 1 is 1.08 bits per heavy atom. The van der Waals surface area contributed by atoms with Crippen molar-refractivity contribution in [2.75, 3.05) is 31.6 Å². The number of nitrogens with one attached hydrogen (secondary N) is 1. The second-order valence-electron chi connectivity index (χ2n) is 8.66. The summed E-state index contributed by atoms with van der Waals surface area (Å²) in [7, 11) is 0. The highest BCUT2D eigenvalue weighted by Gasteiger charge is 2.34. The lowest BCUT2D eigenvalue weighted by Gasteiger charge is -2.39. The van der Waals surface area contributed by atoms with Crippen molar-refractivity contribution in [1.82, 2.24) is 19.8 Å². The first-order valence-corrected chi connectivity index (χ1v) is 12.0. The Bertz CT molecular complexity index is 1320. The van der Waals surface area contributed by atoms with Crippen LogP contribution in [0.5, 0.6) is 0 Å². The van der Waals surface area contributed by atoms with E-state index in [4.69, 9.17) is 4.74 Å². The van der Waals surface area contributed by atoms with Crippen LogP contribution >= 0.6 is 0 Å². The van der Waals surface area contributed by atoms with Gasteiger partial charge in [-0.3, -0.25) is 4.79 Å². The molecule has 1 atom stereocenters. The van der Waals surface area contributed by atoms with Crippen LogP contribution in [0.15, 0.2) is 54.6 Å². The normalized spacial score (nSPS) is 15.3. The van der Waals surface area contributed by atoms with E-state index in [2.05, 4.69) is 15.3 Å². The van der Waals surface area contributed by atoms with Gasteiger partial charge >= 0.3 is 12.0 Å². The molecule has 3 aromatic rings. The van der Waals surface area contributed by atoms with Crippen LogP contribution in [-0.2, 0) is 4.74 Å². The number of carbonyl (C=O) groups is 3. The molecule has 1 aliphatic rings. The van der Waals surface area contributed by atoms with Crippen LogP contribution < -0.4 is 5.32 Å². The van der Waals surface area contributed by atoms with Crippen molar-refractivity contribution in [3.05, 3.63) is 77.5 Å². The molecule has 2 aromatic carbocycles. The van der Waals surface area contributed by atoms with Crippen LogP contribution in [0.25, 0.3) is 11.3 Å². The summed E-state index contributed by atoms with van der Waals surface area (Å²) < 4.78 is 18.8. The molecule has 3 amide bonds. The first-order valence-electron chi connectivity index (χ1n) is 12.0. The number of benzene rings is 2. The van der Waals surface area contributed by atoms with E-state index in [0.29, 0.717) is 22.8 Å². The van der Waals surface area contributed by atoms with Crippen molar-refractivity contribution < 1.29 is 23.5 Å². The summed E-state index contributed by atoms with van der Waals surface area (Å²) in [4.78, 5) is 51.4. The third-order valence-electron chi connectivity index (χ3n) is 6.00. The predicted molar refractivity (Wildman–Crippen MR) is 136 cm³/mol. The first-order chi connectivity index (χ1) is 17.8. The van der Waals surface area contributed by atoms with Gasteiger partial charge < -0.3 is 19.9 Å². The van der Waals surface area contributed by atoms with Crippen LogP contribution in [0.1, 0.15) is 40.5 Å². The average Bonchev–Trinajstić information content (AvgIpc) is 2.88. The molecule has 192 valence electrons. The number of hydrogen-bond acceptors (Lipinski definition) is 6. The molecule has 10 heteroatoms. The van der Waals surface area contributed by atoms with Crippen molar-refractivity contribution >= 4 is 23.6 Å². The highest BCUT2D eigenvalue weighted by molar-refractivity contribution is 6.07. The molecular formula is C27H28FN5O4. The van der Waals surface area contributed by atoms with Gasteiger partial charge in [-0.1, -0.05) is 36.4 Å². The quantitative estimate of drug-likeness (QED) is 0.523. The number of aryl methyl sites for hydroxylation is 1. The number of carbonyl (C=O) groups excluding carboxylic acids is 3. The molecule has 2 heterocycles. The summed E-state index contributed by atoms with van der Waals surface area (Å²) in [5.74, 6) is -1.22. The zero-order chi connectivity index (χ0) is 26.5. The summed E-state index contributed by atoms with van der Waals surface area (Å²) in [6.45, 7) is 6.00. The third kappa shape index (κ3) is 5.74. The number of esters is 1. The molecule has 0 radical (unpaired) electrons. The van der Waals surface area contributed by atoms with Crippen molar-refractivity contribution in [1.29, 1.82) is 0 Å². The number of piperazine rings is 1. The van der Waals surface area contributed by atoms with Gasteiger partial charge in [-0.2, -0.15) is 0 Å². The molecule has 1 aliphatic heterocycles. The van der Waals surface area contributed by atoms with E-state index in [1.165, 1.54) is 18.2 Å². The number of aromatic nitrogens is 2. The van der Waals surface area contributed by atoms with E-state index in [-0.39, 0.29) is 49.6 Å². The minimum absolute atomic E-state index is 0.0163. The summed E-state index contributed by atoms with van der Waals surface area (Å²) in [5, 5.41) is 2.69. The monoisotopic (exact) mass is 505 g/mol. The number of anilines is 1. The van der Waals surface area contributed by atoms with E-state index in [9.17, 15) is 18.8 Å². The highest BCUT2D eigenvalue weighted by atomic mass is 19.1. The van der Waals surface area contributed by atoms with Gasteiger partial charge in [-0.25, -0.2) is 23.9 Å². The fourth-order valence-corrected chi connectivity index (χ4v) is 4.28. The van der Waals surface area contributed by atoms with Gasteiger partial charge in [0.15, 0.2) is 0 Å². The predicted octanol–water partition coefficient (Wildman–Crippen LogP) is 4.15. The number of hydrogen-bond donors (Lipinski definition) is 1. The van der Waals surface area contributed by atoms with Crippen LogP contribution in [0.3, 0.4) is 0 Å². The largest absolute Gasteiger partial charge is 0.462 e. The lowest BCUT2D eigenvalue weighted by atomic mass is 10.0. The van der Waals surface area contributed by atoms with Gasteiger partial charge in [-0.05, 0) is 39.0 Å². The van der Waals surface area contributed by atoms with Crippen molar-refractivity contribution in [2.45, 2.75) is 26.8 Å². The summed E-state index contributed by atoms with van der Waals surface area (Å²) >= 11 is 0. The van der Waals surface area contributed by atoms with Crippen molar-refractivity contribution in [2.24, 2.45) is 0 Å². The van der Waals surface area contributed by atoms with E-state index < -0.39 is 17.7 Å². The molecule has 9 nitrogen and oxygen atoms in total. The SMILES string of the molecule is CCOC(=O)c1c(C(=O)N2CCN(C(=O)Nc3cccc(F)c3)C(C)C2)nc(C)nc1-c1ccccc1. The van der Waals surface area contributed by atoms with Gasteiger partial charge in [0.1, 0.15) is 22.9 Å². The Hall–Kier alpha value is -4.34. The molecule has 1 saturated heterocycles. The van der Waals surface area contributed by atoms with Gasteiger partial charge in [0, 0.05) is 36.9 Å². The van der Waals surface area contributed by atoms with E-state index >= 15 is 0 Å². The molecule has 0 bridgehead atoms. The molecular weight excluding hydrogens is 477 g/mol. The third-order valence-corrected chi connectivity index (χ3v) is 6.00. The second-order valence-corrected chi connectivity index (χ2v) is 8.66. The number of rotatable bonds is 5. The topological polar surface area (TPSA) is 105 Å². The highest BCUT2D eigenvalue weighted by Crippen LogP contribution is 2.26. The maximum atomic E-state index is 13.7. The van der Waals surface area contributed by atoms with Gasteiger partial charge in [0.05, 0.1) is 12.3 Å². The maximum absolute atomic E-state index is 13.7. The van der Waals surface area contributed by atoms with Crippen molar-refractivity contribution in [3.8, 4) is 11.3 Å². The smallest absolute Gasteiger partial charge is 0.342 e. The van der Waals surface area contributed by atoms with Gasteiger partial charge in [0.25, 0.3) is 5.91 Å². The maximum Gasteiger partial charge on any atom is 0.342 e. The van der Waals surface area contributed by atoms with Crippen LogP contribution in [0.2, 0.25) is 0 Å². The zero-order valence-corrected chi connectivity index (χ0v) is 20.9. The Labute approximate surface area is 214 Å². The number of ether oxygens (including phenoxy) is 1. The van der Waals surface area contributed by atoms with Gasteiger partial charge in [0.2, 0.25) is 0 Å². The second kappa shape index (κ2) is 11.2. The Morgan fingerprint density at radius 2 is 1.84 bits per heavy atom. The molecule has 0 aliphatic carbocycles. The van der Waals surface area contributed by atoms with Gasteiger partial charge in [-0.15, -0.1) is 0 Å². The Morgan fingerprint density at radius 3 is 2.51 bits per heavy atom. The molecule has 1 fully saturated rings. The number of urea groups is 1. The fourth-order valence-electron chi connectivity index (χ4n) is 4.28. The molecule has 1 aromatic heterocycles.